The van der Waals surface area contributed by atoms with Crippen LogP contribution in [-0.2, 0) is 28.9 Å². The third-order valence-electron chi connectivity index (χ3n) is 4.95. The van der Waals surface area contributed by atoms with Gasteiger partial charge in [-0.05, 0) is 43.9 Å². The molecule has 1 aliphatic carbocycles. The van der Waals surface area contributed by atoms with Gasteiger partial charge < -0.3 is 15.4 Å². The molecule has 3 rings (SSSR count). The average Bonchev–Trinajstić information content (AvgIpc) is 3.06. The van der Waals surface area contributed by atoms with Crippen LogP contribution in [0, 0.1) is 0 Å². The molecule has 1 aliphatic rings. The number of aryl methyl sites for hydroxylation is 1. The molecule has 0 saturated carbocycles. The standard InChI is InChI=1S/C22H29N3O3S/c1-25(14-16-8-4-3-5-9-16)15-19(26)24-22-20(21(27)23-12-13-28-2)17-10-6-7-11-18(17)29-22/h3-5,8-9H,6-7,10-15H2,1-2H3,(H,23,27)(H,24,26). The number of ether oxygens (including phenoxy) is 1. The zero-order valence-electron chi connectivity index (χ0n) is 17.1. The summed E-state index contributed by atoms with van der Waals surface area (Å²) >= 11 is 1.55. The van der Waals surface area contributed by atoms with Crippen LogP contribution in [0.3, 0.4) is 0 Å². The highest BCUT2D eigenvalue weighted by Crippen LogP contribution is 2.38. The first kappa shape index (κ1) is 21.5. The van der Waals surface area contributed by atoms with E-state index in [1.165, 1.54) is 4.88 Å². The van der Waals surface area contributed by atoms with Gasteiger partial charge in [-0.25, -0.2) is 0 Å². The number of benzene rings is 1. The minimum atomic E-state index is -0.130. The van der Waals surface area contributed by atoms with Crippen LogP contribution in [0.15, 0.2) is 30.3 Å². The fraction of sp³-hybridized carbons (Fsp3) is 0.455. The maximum absolute atomic E-state index is 12.8. The van der Waals surface area contributed by atoms with Crippen molar-refractivity contribution < 1.29 is 14.3 Å². The van der Waals surface area contributed by atoms with Crippen molar-refractivity contribution in [3.63, 3.8) is 0 Å². The smallest absolute Gasteiger partial charge is 0.254 e. The molecule has 0 radical (unpaired) electrons. The number of rotatable bonds is 9. The summed E-state index contributed by atoms with van der Waals surface area (Å²) < 4.78 is 5.02. The molecule has 1 aromatic carbocycles. The maximum atomic E-state index is 12.8. The van der Waals surface area contributed by atoms with Crippen LogP contribution in [0.25, 0.3) is 0 Å². The summed E-state index contributed by atoms with van der Waals surface area (Å²) in [5.74, 6) is -0.234. The van der Waals surface area contributed by atoms with Crippen molar-refractivity contribution >= 4 is 28.2 Å². The second-order valence-electron chi connectivity index (χ2n) is 7.37. The lowest BCUT2D eigenvalue weighted by molar-refractivity contribution is -0.117. The second kappa shape index (κ2) is 10.5. The summed E-state index contributed by atoms with van der Waals surface area (Å²) in [5, 5.41) is 6.58. The lowest BCUT2D eigenvalue weighted by Gasteiger charge is -2.16. The Bertz CT molecular complexity index is 835. The Morgan fingerprint density at radius 3 is 2.69 bits per heavy atom. The van der Waals surface area contributed by atoms with Gasteiger partial charge >= 0.3 is 0 Å². The first-order chi connectivity index (χ1) is 14.1. The minimum Gasteiger partial charge on any atom is -0.383 e. The van der Waals surface area contributed by atoms with Crippen molar-refractivity contribution in [2.75, 3.05) is 39.2 Å². The summed E-state index contributed by atoms with van der Waals surface area (Å²) in [6.07, 6.45) is 4.07. The first-order valence-corrected chi connectivity index (χ1v) is 10.8. The van der Waals surface area contributed by atoms with Crippen LogP contribution < -0.4 is 10.6 Å². The van der Waals surface area contributed by atoms with Crippen molar-refractivity contribution in [2.24, 2.45) is 0 Å². The van der Waals surface area contributed by atoms with Gasteiger partial charge in [-0.2, -0.15) is 0 Å². The second-order valence-corrected chi connectivity index (χ2v) is 8.47. The third-order valence-corrected chi connectivity index (χ3v) is 6.16. The van der Waals surface area contributed by atoms with Gasteiger partial charge in [-0.1, -0.05) is 30.3 Å². The number of methoxy groups -OCH3 is 1. The molecule has 0 spiro atoms. The molecule has 0 saturated heterocycles. The fourth-order valence-electron chi connectivity index (χ4n) is 3.61. The van der Waals surface area contributed by atoms with Crippen LogP contribution in [-0.4, -0.2) is 50.6 Å². The minimum absolute atomic E-state index is 0.104. The van der Waals surface area contributed by atoms with E-state index in [0.717, 1.165) is 36.8 Å². The van der Waals surface area contributed by atoms with Gasteiger partial charge in [0, 0.05) is 25.1 Å². The summed E-state index contributed by atoms with van der Waals surface area (Å²) in [4.78, 5) is 28.7. The highest BCUT2D eigenvalue weighted by atomic mass is 32.1. The van der Waals surface area contributed by atoms with E-state index in [1.807, 2.05) is 42.3 Å². The number of hydrogen-bond acceptors (Lipinski definition) is 5. The molecule has 0 aliphatic heterocycles. The zero-order chi connectivity index (χ0) is 20.6. The number of thiophene rings is 1. The normalized spacial score (nSPS) is 13.2. The number of hydrogen-bond donors (Lipinski definition) is 2. The molecule has 29 heavy (non-hydrogen) atoms. The Hall–Kier alpha value is -2.22. The van der Waals surface area contributed by atoms with E-state index < -0.39 is 0 Å². The fourth-order valence-corrected chi connectivity index (χ4v) is 4.91. The van der Waals surface area contributed by atoms with E-state index in [4.69, 9.17) is 4.74 Å². The summed E-state index contributed by atoms with van der Waals surface area (Å²) in [6, 6.07) is 10.1. The summed E-state index contributed by atoms with van der Waals surface area (Å²) in [6.45, 7) is 1.87. The van der Waals surface area contributed by atoms with E-state index in [2.05, 4.69) is 10.6 Å². The maximum Gasteiger partial charge on any atom is 0.254 e. The summed E-state index contributed by atoms with van der Waals surface area (Å²) in [7, 11) is 3.53. The highest BCUT2D eigenvalue weighted by molar-refractivity contribution is 7.17. The molecule has 1 heterocycles. The van der Waals surface area contributed by atoms with Gasteiger partial charge in [0.1, 0.15) is 5.00 Å². The molecular formula is C22H29N3O3S. The van der Waals surface area contributed by atoms with E-state index in [1.54, 1.807) is 18.4 Å². The van der Waals surface area contributed by atoms with Crippen LogP contribution in [0.2, 0.25) is 0 Å². The van der Waals surface area contributed by atoms with Gasteiger partial charge in [0.2, 0.25) is 5.91 Å². The van der Waals surface area contributed by atoms with Crippen molar-refractivity contribution in [1.82, 2.24) is 10.2 Å². The molecular weight excluding hydrogens is 386 g/mol. The van der Waals surface area contributed by atoms with Crippen molar-refractivity contribution in [3.8, 4) is 0 Å². The number of anilines is 1. The first-order valence-electron chi connectivity index (χ1n) is 10.0. The number of likely N-dealkylation sites (N-methyl/N-ethyl adjacent to an activating group) is 1. The van der Waals surface area contributed by atoms with Crippen molar-refractivity contribution in [3.05, 3.63) is 51.9 Å². The van der Waals surface area contributed by atoms with E-state index >= 15 is 0 Å². The molecule has 0 atom stereocenters. The van der Waals surface area contributed by atoms with Gasteiger partial charge in [-0.3, -0.25) is 14.5 Å². The molecule has 0 fully saturated rings. The van der Waals surface area contributed by atoms with E-state index in [0.29, 0.717) is 30.3 Å². The molecule has 6 nitrogen and oxygen atoms in total. The molecule has 2 aromatic rings. The van der Waals surface area contributed by atoms with E-state index in [9.17, 15) is 9.59 Å². The highest BCUT2D eigenvalue weighted by Gasteiger charge is 2.26. The number of fused-ring (bicyclic) bond motifs is 1. The molecule has 0 bridgehead atoms. The predicted molar refractivity (Wildman–Crippen MR) is 117 cm³/mol. The van der Waals surface area contributed by atoms with Crippen LogP contribution in [0.5, 0.6) is 0 Å². The SMILES string of the molecule is COCCNC(=O)c1c(NC(=O)CN(C)Cc2ccccc2)sc2c1CCCC2. The number of amides is 2. The monoisotopic (exact) mass is 415 g/mol. The Morgan fingerprint density at radius 2 is 1.93 bits per heavy atom. The number of carbonyl (C=O) groups excluding carboxylic acids is 2. The van der Waals surface area contributed by atoms with Crippen LogP contribution in [0.4, 0.5) is 5.00 Å². The van der Waals surface area contributed by atoms with Crippen molar-refractivity contribution in [1.29, 1.82) is 0 Å². The molecule has 7 heteroatoms. The Kier molecular flexibility index (Phi) is 7.80. The average molecular weight is 416 g/mol. The number of carbonyl (C=O) groups is 2. The lowest BCUT2D eigenvalue weighted by atomic mass is 9.95. The summed E-state index contributed by atoms with van der Waals surface area (Å²) in [5.41, 5.74) is 2.90. The van der Waals surface area contributed by atoms with E-state index in [-0.39, 0.29) is 18.4 Å². The number of nitrogens with zero attached hydrogens (tertiary/aromatic N) is 1. The van der Waals surface area contributed by atoms with Gasteiger partial charge in [0.15, 0.2) is 0 Å². The molecule has 2 N–H and O–H groups in total. The molecule has 1 aromatic heterocycles. The third kappa shape index (κ3) is 5.88. The van der Waals surface area contributed by atoms with Crippen LogP contribution in [0.1, 0.15) is 39.2 Å². The Morgan fingerprint density at radius 1 is 1.17 bits per heavy atom. The Balaban J connectivity index is 1.68. The van der Waals surface area contributed by atoms with Gasteiger partial charge in [-0.15, -0.1) is 11.3 Å². The molecule has 0 unspecified atom stereocenters. The molecule has 2 amide bonds. The van der Waals surface area contributed by atoms with Crippen LogP contribution >= 0.6 is 11.3 Å². The molecule has 156 valence electrons. The largest absolute Gasteiger partial charge is 0.383 e. The topological polar surface area (TPSA) is 70.7 Å². The quantitative estimate of drug-likeness (QED) is 0.618. The van der Waals surface area contributed by atoms with Gasteiger partial charge in [0.25, 0.3) is 5.91 Å². The van der Waals surface area contributed by atoms with Gasteiger partial charge in [0.05, 0.1) is 18.7 Å². The Labute approximate surface area is 176 Å². The predicted octanol–water partition coefficient (Wildman–Crippen LogP) is 3.07. The number of nitrogens with one attached hydrogen (secondary N) is 2. The zero-order valence-corrected chi connectivity index (χ0v) is 17.9. The lowest BCUT2D eigenvalue weighted by Crippen LogP contribution is -2.31. The van der Waals surface area contributed by atoms with Crippen molar-refractivity contribution in [2.45, 2.75) is 32.2 Å².